The second-order valence-electron chi connectivity index (χ2n) is 8.13. The summed E-state index contributed by atoms with van der Waals surface area (Å²) < 4.78 is 5.50. The Morgan fingerprint density at radius 2 is 2.15 bits per heavy atom. The third kappa shape index (κ3) is 4.66. The molecule has 0 saturated carbocycles. The van der Waals surface area contributed by atoms with Gasteiger partial charge in [-0.3, -0.25) is 0 Å². The molecule has 0 aliphatic carbocycles. The molecule has 8 heteroatoms. The van der Waals surface area contributed by atoms with Crippen LogP contribution in [0.15, 0.2) is 0 Å². The van der Waals surface area contributed by atoms with E-state index >= 15 is 0 Å². The number of fused-ring (bicyclic) bond motifs is 1. The predicted molar refractivity (Wildman–Crippen MR) is 101 cm³/mol. The van der Waals surface area contributed by atoms with Gasteiger partial charge in [0.2, 0.25) is 0 Å². The Balaban J connectivity index is 1.81. The number of piperazine rings is 1. The van der Waals surface area contributed by atoms with Gasteiger partial charge in [-0.2, -0.15) is 5.26 Å². The molecule has 8 nitrogen and oxygen atoms in total. The molecule has 1 N–H and O–H groups in total. The third-order valence-corrected chi connectivity index (χ3v) is 4.70. The minimum atomic E-state index is -0.513. The SMILES string of the molecule is Cc1nc2c(c(N3CCNC(CC#N)C3)n1)CCN(C(=O)OC(C)(C)C)C2. The van der Waals surface area contributed by atoms with Gasteiger partial charge in [-0.15, -0.1) is 0 Å². The molecule has 0 radical (unpaired) electrons. The fraction of sp³-hybridized carbons (Fsp3) is 0.684. The highest BCUT2D eigenvalue weighted by Gasteiger charge is 2.30. The molecular formula is C19H28N6O2. The summed E-state index contributed by atoms with van der Waals surface area (Å²) >= 11 is 0. The number of carbonyl (C=O) groups is 1. The number of aryl methyl sites for hydroxylation is 1. The number of anilines is 1. The third-order valence-electron chi connectivity index (χ3n) is 4.70. The average Bonchev–Trinajstić information content (AvgIpc) is 2.59. The Hall–Kier alpha value is -2.40. The van der Waals surface area contributed by atoms with E-state index in [4.69, 9.17) is 15.0 Å². The van der Waals surface area contributed by atoms with Gasteiger partial charge in [-0.1, -0.05) is 0 Å². The largest absolute Gasteiger partial charge is 0.444 e. The van der Waals surface area contributed by atoms with Crippen molar-refractivity contribution in [2.75, 3.05) is 31.1 Å². The van der Waals surface area contributed by atoms with Crippen molar-refractivity contribution in [2.45, 2.75) is 58.7 Å². The van der Waals surface area contributed by atoms with E-state index in [9.17, 15) is 4.79 Å². The number of amides is 1. The van der Waals surface area contributed by atoms with Gasteiger partial charge in [0.15, 0.2) is 0 Å². The molecule has 27 heavy (non-hydrogen) atoms. The summed E-state index contributed by atoms with van der Waals surface area (Å²) in [6.07, 6.45) is 0.883. The zero-order valence-corrected chi connectivity index (χ0v) is 16.6. The van der Waals surface area contributed by atoms with Crippen LogP contribution in [0.5, 0.6) is 0 Å². The van der Waals surface area contributed by atoms with Gasteiger partial charge in [0, 0.05) is 37.8 Å². The zero-order valence-electron chi connectivity index (χ0n) is 16.6. The van der Waals surface area contributed by atoms with Crippen molar-refractivity contribution < 1.29 is 9.53 Å². The summed E-state index contributed by atoms with van der Waals surface area (Å²) in [5.41, 5.74) is 1.49. The second kappa shape index (κ2) is 7.69. The fourth-order valence-corrected chi connectivity index (χ4v) is 3.54. The zero-order chi connectivity index (χ0) is 19.6. The van der Waals surface area contributed by atoms with Crippen LogP contribution in [0.25, 0.3) is 0 Å². The van der Waals surface area contributed by atoms with Crippen molar-refractivity contribution >= 4 is 11.9 Å². The Morgan fingerprint density at radius 3 is 2.85 bits per heavy atom. The molecule has 1 aromatic heterocycles. The summed E-state index contributed by atoms with van der Waals surface area (Å²) in [6, 6.07) is 2.39. The molecule has 3 rings (SSSR count). The molecule has 1 amide bonds. The lowest BCUT2D eigenvalue weighted by Gasteiger charge is -2.37. The minimum absolute atomic E-state index is 0.150. The van der Waals surface area contributed by atoms with Crippen LogP contribution in [0, 0.1) is 18.3 Å². The highest BCUT2D eigenvalue weighted by molar-refractivity contribution is 5.69. The molecule has 2 aliphatic rings. The van der Waals surface area contributed by atoms with Crippen LogP contribution in [0.1, 0.15) is 44.3 Å². The lowest BCUT2D eigenvalue weighted by atomic mass is 10.0. The Labute approximate surface area is 160 Å². The van der Waals surface area contributed by atoms with Gasteiger partial charge in [-0.05, 0) is 34.1 Å². The maximum Gasteiger partial charge on any atom is 0.410 e. The molecule has 1 saturated heterocycles. The summed E-state index contributed by atoms with van der Waals surface area (Å²) in [4.78, 5) is 25.7. The monoisotopic (exact) mass is 372 g/mol. The van der Waals surface area contributed by atoms with E-state index in [1.165, 1.54) is 0 Å². The number of hydrogen-bond acceptors (Lipinski definition) is 7. The maximum atomic E-state index is 12.4. The van der Waals surface area contributed by atoms with E-state index in [2.05, 4.69) is 21.3 Å². The first kappa shape index (κ1) is 19.4. The number of nitrogens with zero attached hydrogens (tertiary/aromatic N) is 5. The quantitative estimate of drug-likeness (QED) is 0.845. The van der Waals surface area contributed by atoms with Crippen molar-refractivity contribution in [3.05, 3.63) is 17.1 Å². The van der Waals surface area contributed by atoms with Crippen molar-refractivity contribution in [2.24, 2.45) is 0 Å². The van der Waals surface area contributed by atoms with E-state index in [-0.39, 0.29) is 12.1 Å². The molecule has 1 unspecified atom stereocenters. The number of rotatable bonds is 2. The van der Waals surface area contributed by atoms with Crippen LogP contribution in [0.3, 0.4) is 0 Å². The molecule has 0 aromatic carbocycles. The molecule has 3 heterocycles. The molecule has 146 valence electrons. The topological polar surface area (TPSA) is 94.4 Å². The Morgan fingerprint density at radius 1 is 1.37 bits per heavy atom. The van der Waals surface area contributed by atoms with E-state index in [0.29, 0.717) is 31.8 Å². The molecule has 0 spiro atoms. The van der Waals surface area contributed by atoms with Crippen LogP contribution in [-0.4, -0.2) is 58.8 Å². The number of aromatic nitrogens is 2. The lowest BCUT2D eigenvalue weighted by Crippen LogP contribution is -2.51. The van der Waals surface area contributed by atoms with Crippen LogP contribution >= 0.6 is 0 Å². The van der Waals surface area contributed by atoms with Crippen LogP contribution in [0.4, 0.5) is 10.6 Å². The van der Waals surface area contributed by atoms with Crippen molar-refractivity contribution in [3.63, 3.8) is 0 Å². The fourth-order valence-electron chi connectivity index (χ4n) is 3.54. The number of nitrogens with one attached hydrogen (secondary N) is 1. The van der Waals surface area contributed by atoms with E-state index < -0.39 is 5.60 Å². The number of nitriles is 1. The van der Waals surface area contributed by atoms with Crippen molar-refractivity contribution in [1.82, 2.24) is 20.2 Å². The number of ether oxygens (including phenoxy) is 1. The Kier molecular flexibility index (Phi) is 5.51. The van der Waals surface area contributed by atoms with Gasteiger partial charge < -0.3 is 19.9 Å². The van der Waals surface area contributed by atoms with Crippen LogP contribution in [0.2, 0.25) is 0 Å². The van der Waals surface area contributed by atoms with E-state index in [1.54, 1.807) is 4.90 Å². The minimum Gasteiger partial charge on any atom is -0.444 e. The van der Waals surface area contributed by atoms with Crippen molar-refractivity contribution in [1.29, 1.82) is 5.26 Å². The van der Waals surface area contributed by atoms with Gasteiger partial charge in [0.25, 0.3) is 0 Å². The molecular weight excluding hydrogens is 344 g/mol. The molecule has 2 aliphatic heterocycles. The van der Waals surface area contributed by atoms with Gasteiger partial charge in [0.1, 0.15) is 17.2 Å². The van der Waals surface area contributed by atoms with E-state index in [0.717, 1.165) is 36.7 Å². The molecule has 0 bridgehead atoms. The van der Waals surface area contributed by atoms with E-state index in [1.807, 2.05) is 27.7 Å². The lowest BCUT2D eigenvalue weighted by molar-refractivity contribution is 0.0220. The highest BCUT2D eigenvalue weighted by Crippen LogP contribution is 2.28. The molecule has 1 aromatic rings. The second-order valence-corrected chi connectivity index (χ2v) is 8.13. The van der Waals surface area contributed by atoms with Gasteiger partial charge >= 0.3 is 6.09 Å². The first-order valence-electron chi connectivity index (χ1n) is 9.46. The smallest absolute Gasteiger partial charge is 0.410 e. The first-order chi connectivity index (χ1) is 12.8. The average molecular weight is 372 g/mol. The Bertz CT molecular complexity index is 752. The summed E-state index contributed by atoms with van der Waals surface area (Å²) in [5.74, 6) is 1.65. The first-order valence-corrected chi connectivity index (χ1v) is 9.46. The van der Waals surface area contributed by atoms with Crippen LogP contribution in [-0.2, 0) is 17.7 Å². The maximum absolute atomic E-state index is 12.4. The predicted octanol–water partition coefficient (Wildman–Crippen LogP) is 1.77. The highest BCUT2D eigenvalue weighted by atomic mass is 16.6. The van der Waals surface area contributed by atoms with Gasteiger partial charge in [-0.25, -0.2) is 14.8 Å². The number of carbonyl (C=O) groups excluding carboxylic acids is 1. The summed E-state index contributed by atoms with van der Waals surface area (Å²) in [5, 5.41) is 12.4. The summed E-state index contributed by atoms with van der Waals surface area (Å²) in [7, 11) is 0. The molecule has 1 atom stereocenters. The number of hydrogen-bond donors (Lipinski definition) is 1. The van der Waals surface area contributed by atoms with Crippen molar-refractivity contribution in [3.8, 4) is 6.07 Å². The molecule has 1 fully saturated rings. The standard InChI is InChI=1S/C19H28N6O2/c1-13-22-16-12-25(18(26)27-19(2,3)4)9-6-15(16)17(23-13)24-10-8-21-14(11-24)5-7-20/h14,21H,5-6,8-12H2,1-4H3. The van der Waals surface area contributed by atoms with Crippen LogP contribution < -0.4 is 10.2 Å². The normalized spacial score (nSPS) is 20.0. The summed E-state index contributed by atoms with van der Waals surface area (Å²) in [6.45, 7) is 11.0. The van der Waals surface area contributed by atoms with Gasteiger partial charge in [0.05, 0.1) is 24.7 Å².